The van der Waals surface area contributed by atoms with Gasteiger partial charge in [-0.15, -0.1) is 0 Å². The number of hydrogen-bond donors (Lipinski definition) is 1. The maximum absolute atomic E-state index is 13.9. The van der Waals surface area contributed by atoms with Crippen LogP contribution in [0.1, 0.15) is 49.9 Å². The van der Waals surface area contributed by atoms with Crippen LogP contribution in [0.5, 0.6) is 0 Å². The number of carbonyl (C=O) groups is 2. The molecule has 2 fully saturated rings. The van der Waals surface area contributed by atoms with Crippen LogP contribution in [0, 0.1) is 17.7 Å². The van der Waals surface area contributed by atoms with Crippen LogP contribution >= 0.6 is 0 Å². The van der Waals surface area contributed by atoms with E-state index in [2.05, 4.69) is 24.1 Å². The first kappa shape index (κ1) is 20.8. The third-order valence-corrected chi connectivity index (χ3v) is 5.96. The Morgan fingerprint density at radius 1 is 1.07 bits per heavy atom. The smallest absolute Gasteiger partial charge is 0.256 e. The van der Waals surface area contributed by atoms with Crippen LogP contribution in [0.25, 0.3) is 0 Å². The maximum Gasteiger partial charge on any atom is 0.256 e. The summed E-state index contributed by atoms with van der Waals surface area (Å²) in [5.74, 6) is 0.127. The first-order valence-electron chi connectivity index (χ1n) is 10.5. The molecule has 3 rings (SSSR count). The Hall–Kier alpha value is -1.95. The summed E-state index contributed by atoms with van der Waals surface area (Å²) in [6.07, 6.45) is 3.62. The van der Waals surface area contributed by atoms with Gasteiger partial charge in [-0.05, 0) is 56.8 Å². The summed E-state index contributed by atoms with van der Waals surface area (Å²) in [6, 6.07) is 6.64. The zero-order valence-corrected chi connectivity index (χ0v) is 17.0. The Labute approximate surface area is 167 Å². The molecule has 5 nitrogen and oxygen atoms in total. The van der Waals surface area contributed by atoms with E-state index >= 15 is 0 Å². The van der Waals surface area contributed by atoms with Crippen molar-refractivity contribution < 1.29 is 14.0 Å². The summed E-state index contributed by atoms with van der Waals surface area (Å²) >= 11 is 0. The Morgan fingerprint density at radius 3 is 2.32 bits per heavy atom. The second-order valence-electron chi connectivity index (χ2n) is 8.45. The van der Waals surface area contributed by atoms with Crippen LogP contribution in [0.3, 0.4) is 0 Å². The monoisotopic (exact) mass is 389 g/mol. The van der Waals surface area contributed by atoms with Crippen LogP contribution < -0.4 is 5.32 Å². The second-order valence-corrected chi connectivity index (χ2v) is 8.45. The lowest BCUT2D eigenvalue weighted by Crippen LogP contribution is -2.50. The largest absolute Gasteiger partial charge is 0.356 e. The molecule has 154 valence electrons. The average molecular weight is 390 g/mol. The van der Waals surface area contributed by atoms with E-state index in [-0.39, 0.29) is 23.3 Å². The normalized spacial score (nSPS) is 19.8. The van der Waals surface area contributed by atoms with Gasteiger partial charge in [0.2, 0.25) is 5.91 Å². The van der Waals surface area contributed by atoms with Gasteiger partial charge in [0, 0.05) is 31.6 Å². The van der Waals surface area contributed by atoms with E-state index < -0.39 is 5.82 Å². The molecule has 0 atom stereocenters. The number of hydrogen-bond acceptors (Lipinski definition) is 3. The molecule has 2 aliphatic rings. The Kier molecular flexibility index (Phi) is 7.05. The van der Waals surface area contributed by atoms with Crippen LogP contribution in [-0.2, 0) is 4.79 Å². The highest BCUT2D eigenvalue weighted by molar-refractivity contribution is 5.94. The molecule has 0 spiro atoms. The molecule has 1 aromatic carbocycles. The lowest BCUT2D eigenvalue weighted by molar-refractivity contribution is -0.126. The van der Waals surface area contributed by atoms with E-state index in [4.69, 9.17) is 0 Å². The van der Waals surface area contributed by atoms with E-state index in [0.717, 1.165) is 45.3 Å². The molecular weight excluding hydrogens is 357 g/mol. The molecule has 0 aliphatic carbocycles. The van der Waals surface area contributed by atoms with Gasteiger partial charge in [0.05, 0.1) is 5.56 Å². The van der Waals surface area contributed by atoms with Gasteiger partial charge in [0.1, 0.15) is 5.82 Å². The average Bonchev–Trinajstić information content (AvgIpc) is 2.72. The summed E-state index contributed by atoms with van der Waals surface area (Å²) in [4.78, 5) is 29.1. The molecular formula is C22H32FN3O2. The van der Waals surface area contributed by atoms with Crippen LogP contribution in [0.4, 0.5) is 4.39 Å². The minimum absolute atomic E-state index is 0.123. The third-order valence-electron chi connectivity index (χ3n) is 5.96. The number of nitrogens with one attached hydrogen (secondary N) is 1. The van der Waals surface area contributed by atoms with Gasteiger partial charge in [-0.25, -0.2) is 4.39 Å². The van der Waals surface area contributed by atoms with Crippen molar-refractivity contribution in [2.24, 2.45) is 11.8 Å². The fourth-order valence-electron chi connectivity index (χ4n) is 4.21. The van der Waals surface area contributed by atoms with Gasteiger partial charge >= 0.3 is 0 Å². The molecule has 28 heavy (non-hydrogen) atoms. The number of piperidine rings is 2. The number of amides is 2. The van der Waals surface area contributed by atoms with E-state index in [1.807, 2.05) is 0 Å². The van der Waals surface area contributed by atoms with Crippen molar-refractivity contribution in [2.75, 3.05) is 32.7 Å². The fourth-order valence-corrected chi connectivity index (χ4v) is 4.21. The second kappa shape index (κ2) is 9.50. The van der Waals surface area contributed by atoms with Gasteiger partial charge in [0.25, 0.3) is 5.91 Å². The molecule has 0 saturated carbocycles. The van der Waals surface area contributed by atoms with Crippen molar-refractivity contribution in [3.63, 3.8) is 0 Å². The zero-order valence-electron chi connectivity index (χ0n) is 17.0. The van der Waals surface area contributed by atoms with Crippen LogP contribution in [0.2, 0.25) is 0 Å². The van der Waals surface area contributed by atoms with Gasteiger partial charge in [-0.3, -0.25) is 9.59 Å². The van der Waals surface area contributed by atoms with Gasteiger partial charge < -0.3 is 15.1 Å². The third kappa shape index (κ3) is 5.10. The summed E-state index contributed by atoms with van der Waals surface area (Å²) in [6.45, 7) is 8.14. The summed E-state index contributed by atoms with van der Waals surface area (Å²) in [5.41, 5.74) is 0.161. The predicted molar refractivity (Wildman–Crippen MR) is 107 cm³/mol. The van der Waals surface area contributed by atoms with Crippen molar-refractivity contribution in [1.29, 1.82) is 0 Å². The molecule has 2 heterocycles. The Bertz CT molecular complexity index is 678. The SMILES string of the molecule is CC(C)CNC(=O)C1CCN(C2CCN(C(=O)c3ccccc3F)CC2)CC1. The molecule has 1 aromatic rings. The molecule has 0 radical (unpaired) electrons. The molecule has 2 saturated heterocycles. The number of carbonyl (C=O) groups excluding carboxylic acids is 2. The predicted octanol–water partition coefficient (Wildman–Crippen LogP) is 2.91. The minimum Gasteiger partial charge on any atom is -0.356 e. The molecule has 2 amide bonds. The lowest BCUT2D eigenvalue weighted by Gasteiger charge is -2.41. The van der Waals surface area contributed by atoms with Crippen molar-refractivity contribution in [2.45, 2.75) is 45.6 Å². The fraction of sp³-hybridized carbons (Fsp3) is 0.636. The van der Waals surface area contributed by atoms with E-state index in [9.17, 15) is 14.0 Å². The molecule has 6 heteroatoms. The first-order valence-corrected chi connectivity index (χ1v) is 10.5. The highest BCUT2D eigenvalue weighted by atomic mass is 19.1. The van der Waals surface area contributed by atoms with Crippen molar-refractivity contribution >= 4 is 11.8 Å². The topological polar surface area (TPSA) is 52.7 Å². The molecule has 2 aliphatic heterocycles. The molecule has 0 bridgehead atoms. The Balaban J connectivity index is 1.44. The molecule has 0 aromatic heterocycles. The van der Waals surface area contributed by atoms with E-state index in [0.29, 0.717) is 25.0 Å². The Morgan fingerprint density at radius 2 is 1.71 bits per heavy atom. The maximum atomic E-state index is 13.9. The van der Waals surface area contributed by atoms with Gasteiger partial charge in [0.15, 0.2) is 0 Å². The molecule has 1 N–H and O–H groups in total. The van der Waals surface area contributed by atoms with Crippen molar-refractivity contribution in [3.8, 4) is 0 Å². The quantitative estimate of drug-likeness (QED) is 0.843. The highest BCUT2D eigenvalue weighted by Gasteiger charge is 2.32. The molecule has 0 unspecified atom stereocenters. The lowest BCUT2D eigenvalue weighted by atomic mass is 9.92. The number of likely N-dealkylation sites (tertiary alicyclic amines) is 2. The van der Waals surface area contributed by atoms with Crippen LogP contribution in [-0.4, -0.2) is 60.4 Å². The number of benzene rings is 1. The van der Waals surface area contributed by atoms with Gasteiger partial charge in [-0.1, -0.05) is 26.0 Å². The van der Waals surface area contributed by atoms with E-state index in [1.54, 1.807) is 23.1 Å². The van der Waals surface area contributed by atoms with Crippen LogP contribution in [0.15, 0.2) is 24.3 Å². The number of halogens is 1. The van der Waals surface area contributed by atoms with Gasteiger partial charge in [-0.2, -0.15) is 0 Å². The first-order chi connectivity index (χ1) is 13.5. The summed E-state index contributed by atoms with van der Waals surface area (Å²) < 4.78 is 13.9. The van der Waals surface area contributed by atoms with E-state index in [1.165, 1.54) is 6.07 Å². The minimum atomic E-state index is -0.451. The van der Waals surface area contributed by atoms with Crippen molar-refractivity contribution in [3.05, 3.63) is 35.6 Å². The summed E-state index contributed by atoms with van der Waals surface area (Å²) in [7, 11) is 0. The number of nitrogens with zero attached hydrogens (tertiary/aromatic N) is 2. The zero-order chi connectivity index (χ0) is 20.1. The number of rotatable bonds is 5. The highest BCUT2D eigenvalue weighted by Crippen LogP contribution is 2.25. The summed E-state index contributed by atoms with van der Waals surface area (Å²) in [5, 5.41) is 3.05. The standard InChI is InChI=1S/C22H32FN3O2/c1-16(2)15-24-21(27)17-7-11-25(12-8-17)18-9-13-26(14-10-18)22(28)19-5-3-4-6-20(19)23/h3-6,16-18H,7-15H2,1-2H3,(H,24,27). The van der Waals surface area contributed by atoms with Crippen molar-refractivity contribution in [1.82, 2.24) is 15.1 Å².